The van der Waals surface area contributed by atoms with Gasteiger partial charge < -0.3 is 10.6 Å². The largest absolute Gasteiger partial charge is 0.365 e. The van der Waals surface area contributed by atoms with E-state index in [1.807, 2.05) is 42.5 Å². The molecule has 4 rings (SSSR count). The normalized spacial score (nSPS) is 10.4. The Bertz CT molecular complexity index is 1060. The smallest absolute Gasteiger partial charge is 0.260 e. The number of nitrogens with one attached hydrogen (secondary N) is 3. The van der Waals surface area contributed by atoms with Crippen LogP contribution >= 0.6 is 0 Å². The molecule has 3 N–H and O–H groups in total. The van der Waals surface area contributed by atoms with Crippen LogP contribution in [0.15, 0.2) is 79.3 Å². The third kappa shape index (κ3) is 4.04. The van der Waals surface area contributed by atoms with Crippen LogP contribution in [0.1, 0.15) is 15.9 Å². The molecule has 0 spiro atoms. The lowest BCUT2D eigenvalue weighted by atomic mass is 10.1. The number of pyridine rings is 2. The minimum absolute atomic E-state index is 0.281. The van der Waals surface area contributed by atoms with Gasteiger partial charge >= 0.3 is 0 Å². The quantitative estimate of drug-likeness (QED) is 0.481. The lowest BCUT2D eigenvalue weighted by Gasteiger charge is -2.10. The molecule has 0 saturated heterocycles. The summed E-state index contributed by atoms with van der Waals surface area (Å²) in [5.74, 6) is 0.680. The van der Waals surface area contributed by atoms with Gasteiger partial charge in [0.25, 0.3) is 5.91 Å². The fraction of sp³-hybridized carbons (Fsp3) is 0.0476. The van der Waals surface area contributed by atoms with Gasteiger partial charge in [0.1, 0.15) is 5.82 Å². The molecule has 3 heterocycles. The van der Waals surface area contributed by atoms with Crippen LogP contribution in [-0.2, 0) is 6.54 Å². The number of aromatic nitrogens is 4. The van der Waals surface area contributed by atoms with E-state index >= 15 is 0 Å². The molecule has 1 aromatic carbocycles. The van der Waals surface area contributed by atoms with Crippen LogP contribution in [0.3, 0.4) is 0 Å². The average molecular weight is 370 g/mol. The molecule has 0 aliphatic rings. The molecule has 4 aromatic rings. The van der Waals surface area contributed by atoms with Crippen molar-refractivity contribution in [2.24, 2.45) is 0 Å². The summed E-state index contributed by atoms with van der Waals surface area (Å²) in [6, 6.07) is 18.9. The first-order chi connectivity index (χ1) is 13.8. The minimum Gasteiger partial charge on any atom is -0.365 e. The Morgan fingerprint density at radius 1 is 0.964 bits per heavy atom. The summed E-state index contributed by atoms with van der Waals surface area (Å²) in [6.45, 7) is 0.542. The second-order valence-electron chi connectivity index (χ2n) is 6.10. The van der Waals surface area contributed by atoms with Crippen molar-refractivity contribution in [2.45, 2.75) is 6.54 Å². The number of nitrogens with zero attached hydrogens (tertiary/aromatic N) is 3. The molecule has 0 bridgehead atoms. The number of aromatic amines is 1. The predicted molar refractivity (Wildman–Crippen MR) is 108 cm³/mol. The van der Waals surface area contributed by atoms with Gasteiger partial charge in [0.2, 0.25) is 0 Å². The average Bonchev–Trinajstić information content (AvgIpc) is 3.22. The molecule has 138 valence electrons. The van der Waals surface area contributed by atoms with Crippen LogP contribution in [0, 0.1) is 0 Å². The number of carbonyl (C=O) groups excluding carboxylic acids is 1. The fourth-order valence-corrected chi connectivity index (χ4v) is 2.75. The van der Waals surface area contributed by atoms with Crippen LogP contribution in [0.4, 0.5) is 11.6 Å². The number of anilines is 2. The van der Waals surface area contributed by atoms with Crippen molar-refractivity contribution < 1.29 is 4.79 Å². The van der Waals surface area contributed by atoms with Gasteiger partial charge in [-0.05, 0) is 35.4 Å². The Kier molecular flexibility index (Phi) is 5.06. The van der Waals surface area contributed by atoms with Gasteiger partial charge in [-0.15, -0.1) is 0 Å². The molecule has 0 radical (unpaired) electrons. The van der Waals surface area contributed by atoms with E-state index in [0.29, 0.717) is 23.7 Å². The maximum absolute atomic E-state index is 12.7. The van der Waals surface area contributed by atoms with Crippen molar-refractivity contribution in [1.82, 2.24) is 20.2 Å². The van der Waals surface area contributed by atoms with Gasteiger partial charge in [0, 0.05) is 31.2 Å². The summed E-state index contributed by atoms with van der Waals surface area (Å²) in [6.07, 6.45) is 5.10. The summed E-state index contributed by atoms with van der Waals surface area (Å²) >= 11 is 0. The molecule has 0 aliphatic heterocycles. The van der Waals surface area contributed by atoms with Crippen molar-refractivity contribution in [3.63, 3.8) is 0 Å². The zero-order valence-corrected chi connectivity index (χ0v) is 15.0. The molecule has 3 aromatic heterocycles. The first-order valence-electron chi connectivity index (χ1n) is 8.79. The summed E-state index contributed by atoms with van der Waals surface area (Å²) in [5.41, 5.74) is 3.32. The van der Waals surface area contributed by atoms with Crippen LogP contribution in [0.25, 0.3) is 11.3 Å². The number of carbonyl (C=O) groups is 1. The fourth-order valence-electron chi connectivity index (χ4n) is 2.75. The van der Waals surface area contributed by atoms with Gasteiger partial charge in [-0.2, -0.15) is 5.10 Å². The van der Waals surface area contributed by atoms with Crippen LogP contribution < -0.4 is 10.6 Å². The maximum Gasteiger partial charge on any atom is 0.260 e. The minimum atomic E-state index is -0.281. The van der Waals surface area contributed by atoms with E-state index in [9.17, 15) is 4.79 Å². The number of amides is 1. The van der Waals surface area contributed by atoms with Crippen LogP contribution in [0.2, 0.25) is 0 Å². The van der Waals surface area contributed by atoms with Gasteiger partial charge in [0.05, 0.1) is 11.3 Å². The highest BCUT2D eigenvalue weighted by Gasteiger charge is 2.14. The molecule has 7 heteroatoms. The summed E-state index contributed by atoms with van der Waals surface area (Å²) < 4.78 is 0. The Hall–Kier alpha value is -4.00. The van der Waals surface area contributed by atoms with Crippen molar-refractivity contribution in [3.8, 4) is 11.3 Å². The van der Waals surface area contributed by atoms with E-state index in [0.717, 1.165) is 16.8 Å². The second-order valence-corrected chi connectivity index (χ2v) is 6.10. The number of hydrogen-bond acceptors (Lipinski definition) is 5. The Morgan fingerprint density at radius 2 is 1.79 bits per heavy atom. The molecule has 7 nitrogen and oxygen atoms in total. The highest BCUT2D eigenvalue weighted by Crippen LogP contribution is 2.20. The van der Waals surface area contributed by atoms with Gasteiger partial charge in [-0.3, -0.25) is 14.9 Å². The molecule has 0 saturated carbocycles. The van der Waals surface area contributed by atoms with Gasteiger partial charge in [0.15, 0.2) is 5.82 Å². The molecule has 0 unspecified atom stereocenters. The highest BCUT2D eigenvalue weighted by molar-refractivity contribution is 6.07. The first kappa shape index (κ1) is 17.4. The lowest BCUT2D eigenvalue weighted by molar-refractivity contribution is 0.102. The predicted octanol–water partition coefficient (Wildman–Crippen LogP) is 3.73. The van der Waals surface area contributed by atoms with E-state index < -0.39 is 0 Å². The van der Waals surface area contributed by atoms with E-state index in [2.05, 4.69) is 30.8 Å². The van der Waals surface area contributed by atoms with E-state index in [1.54, 1.807) is 36.8 Å². The summed E-state index contributed by atoms with van der Waals surface area (Å²) in [4.78, 5) is 21.0. The zero-order valence-electron chi connectivity index (χ0n) is 15.0. The first-order valence-corrected chi connectivity index (χ1v) is 8.79. The Balaban J connectivity index is 1.47. The number of H-pyrrole nitrogens is 1. The summed E-state index contributed by atoms with van der Waals surface area (Å²) in [5, 5.41) is 13.1. The van der Waals surface area contributed by atoms with E-state index in [4.69, 9.17) is 0 Å². The van der Waals surface area contributed by atoms with Crippen molar-refractivity contribution in [3.05, 3.63) is 90.4 Å². The highest BCUT2D eigenvalue weighted by atomic mass is 16.1. The monoisotopic (exact) mass is 370 g/mol. The SMILES string of the molecule is O=C(Nc1cc(-c2ccccc2)[nH]n1)c1cccnc1NCc1ccncc1. The third-order valence-corrected chi connectivity index (χ3v) is 4.17. The van der Waals surface area contributed by atoms with Crippen molar-refractivity contribution in [2.75, 3.05) is 10.6 Å². The maximum atomic E-state index is 12.7. The molecular weight excluding hydrogens is 352 g/mol. The molecule has 0 atom stereocenters. The Labute approximate surface area is 161 Å². The van der Waals surface area contributed by atoms with E-state index in [1.165, 1.54) is 0 Å². The Morgan fingerprint density at radius 3 is 2.61 bits per heavy atom. The standard InChI is InChI=1S/C21H18N6O/c28-21(25-19-13-18(26-27-19)16-5-2-1-3-6-16)17-7-4-10-23-20(17)24-14-15-8-11-22-12-9-15/h1-13H,14H2,(H,23,24)(H2,25,26,27,28). The third-order valence-electron chi connectivity index (χ3n) is 4.17. The zero-order chi connectivity index (χ0) is 19.2. The molecule has 1 amide bonds. The van der Waals surface area contributed by atoms with E-state index in [-0.39, 0.29) is 5.91 Å². The van der Waals surface area contributed by atoms with Crippen molar-refractivity contribution in [1.29, 1.82) is 0 Å². The van der Waals surface area contributed by atoms with Crippen LogP contribution in [0.5, 0.6) is 0 Å². The number of hydrogen-bond donors (Lipinski definition) is 3. The van der Waals surface area contributed by atoms with Gasteiger partial charge in [-0.25, -0.2) is 4.98 Å². The second kappa shape index (κ2) is 8.13. The number of rotatable bonds is 6. The van der Waals surface area contributed by atoms with Gasteiger partial charge in [-0.1, -0.05) is 30.3 Å². The summed E-state index contributed by atoms with van der Waals surface area (Å²) in [7, 11) is 0. The van der Waals surface area contributed by atoms with Crippen molar-refractivity contribution >= 4 is 17.5 Å². The molecule has 28 heavy (non-hydrogen) atoms. The topological polar surface area (TPSA) is 95.6 Å². The molecule has 0 fully saturated rings. The molecular formula is C21H18N6O. The lowest BCUT2D eigenvalue weighted by Crippen LogP contribution is -2.16. The molecule has 0 aliphatic carbocycles. The van der Waals surface area contributed by atoms with Crippen LogP contribution in [-0.4, -0.2) is 26.1 Å². The number of benzene rings is 1.